The topological polar surface area (TPSA) is 0 Å². The molecule has 1 unspecified atom stereocenters. The molecule has 0 aromatic heterocycles. The Labute approximate surface area is 141 Å². The average molecular weight is 307 g/mol. The van der Waals surface area contributed by atoms with Crippen molar-refractivity contribution in [2.75, 3.05) is 0 Å². The highest BCUT2D eigenvalue weighted by Crippen LogP contribution is 2.35. The lowest BCUT2D eigenvalue weighted by Crippen LogP contribution is -2.18. The van der Waals surface area contributed by atoms with Gasteiger partial charge in [-0.2, -0.15) is 0 Å². The maximum atomic E-state index is 3.93. The molecule has 0 heterocycles. The van der Waals surface area contributed by atoms with Gasteiger partial charge in [-0.1, -0.05) is 109 Å². The van der Waals surface area contributed by atoms with Crippen molar-refractivity contribution in [1.82, 2.24) is 0 Å². The van der Waals surface area contributed by atoms with Gasteiger partial charge in [0.05, 0.1) is 0 Å². The minimum atomic E-state index is 1.00. The van der Waals surface area contributed by atoms with Crippen LogP contribution < -0.4 is 0 Å². The lowest BCUT2D eigenvalue weighted by Gasteiger charge is -2.30. The van der Waals surface area contributed by atoms with Crippen molar-refractivity contribution < 1.29 is 0 Å². The van der Waals surface area contributed by atoms with Gasteiger partial charge in [-0.25, -0.2) is 0 Å². The summed E-state index contributed by atoms with van der Waals surface area (Å²) in [6.45, 7) is 6.23. The highest BCUT2D eigenvalue weighted by molar-refractivity contribution is 4.77. The standard InChI is InChI=1S/C22H42/c1-3-5-7-8-9-10-11-12-14-18-21(17-6-4-2)22-19-15-13-16-20-22/h4,21-22H,2-3,5-20H2,1H3. The van der Waals surface area contributed by atoms with Crippen LogP contribution in [0.2, 0.25) is 0 Å². The molecule has 1 saturated carbocycles. The Morgan fingerprint density at radius 1 is 0.818 bits per heavy atom. The molecule has 0 nitrogen and oxygen atoms in total. The Balaban J connectivity index is 2.05. The Bertz CT molecular complexity index is 236. The lowest BCUT2D eigenvalue weighted by atomic mass is 9.76. The molecule has 130 valence electrons. The molecule has 0 saturated heterocycles. The summed E-state index contributed by atoms with van der Waals surface area (Å²) >= 11 is 0. The van der Waals surface area contributed by atoms with Crippen molar-refractivity contribution in [2.24, 2.45) is 11.8 Å². The summed E-state index contributed by atoms with van der Waals surface area (Å²) in [6, 6.07) is 0. The molecule has 1 aliphatic rings. The predicted octanol–water partition coefficient (Wildman–Crippen LogP) is 8.07. The molecule has 1 rings (SSSR count). The third-order valence-electron chi connectivity index (χ3n) is 5.74. The normalized spacial score (nSPS) is 17.5. The van der Waals surface area contributed by atoms with E-state index in [0.717, 1.165) is 11.8 Å². The van der Waals surface area contributed by atoms with E-state index in [1.54, 1.807) is 0 Å². The molecule has 0 N–H and O–H groups in total. The van der Waals surface area contributed by atoms with Gasteiger partial charge in [0.2, 0.25) is 0 Å². The van der Waals surface area contributed by atoms with Gasteiger partial charge in [0.15, 0.2) is 0 Å². The van der Waals surface area contributed by atoms with E-state index < -0.39 is 0 Å². The molecular formula is C22H42. The van der Waals surface area contributed by atoms with Gasteiger partial charge in [0.25, 0.3) is 0 Å². The fourth-order valence-corrected chi connectivity index (χ4v) is 4.27. The zero-order valence-electron chi connectivity index (χ0n) is 15.5. The Hall–Kier alpha value is -0.260. The van der Waals surface area contributed by atoms with Gasteiger partial charge in [-0.3, -0.25) is 0 Å². The monoisotopic (exact) mass is 306 g/mol. The summed E-state index contributed by atoms with van der Waals surface area (Å²) in [4.78, 5) is 0. The second-order valence-electron chi connectivity index (χ2n) is 7.64. The first-order valence-corrected chi connectivity index (χ1v) is 10.5. The van der Waals surface area contributed by atoms with Crippen LogP contribution in [0.3, 0.4) is 0 Å². The van der Waals surface area contributed by atoms with Crippen LogP contribution in [0.1, 0.15) is 116 Å². The van der Waals surface area contributed by atoms with Crippen molar-refractivity contribution in [3.63, 3.8) is 0 Å². The van der Waals surface area contributed by atoms with E-state index in [2.05, 4.69) is 19.6 Å². The largest absolute Gasteiger partial charge is 0.103 e. The zero-order valence-corrected chi connectivity index (χ0v) is 15.5. The highest BCUT2D eigenvalue weighted by Gasteiger charge is 2.22. The molecule has 0 amide bonds. The van der Waals surface area contributed by atoms with Crippen molar-refractivity contribution in [2.45, 2.75) is 116 Å². The van der Waals surface area contributed by atoms with Crippen molar-refractivity contribution in [3.8, 4) is 0 Å². The first kappa shape index (κ1) is 19.8. The molecule has 22 heavy (non-hydrogen) atoms. The molecule has 0 aliphatic heterocycles. The first-order valence-electron chi connectivity index (χ1n) is 10.5. The van der Waals surface area contributed by atoms with Crippen LogP contribution in [0.25, 0.3) is 0 Å². The Morgan fingerprint density at radius 3 is 2.00 bits per heavy atom. The van der Waals surface area contributed by atoms with Crippen LogP contribution in [-0.2, 0) is 0 Å². The SMILES string of the molecule is C=CCCC(CCCCCCCCCCC)C1CCCCC1. The lowest BCUT2D eigenvalue weighted by molar-refractivity contribution is 0.220. The third-order valence-corrected chi connectivity index (χ3v) is 5.74. The van der Waals surface area contributed by atoms with Crippen LogP contribution in [0, 0.1) is 11.8 Å². The van der Waals surface area contributed by atoms with Crippen LogP contribution >= 0.6 is 0 Å². The molecule has 0 aromatic rings. The van der Waals surface area contributed by atoms with Gasteiger partial charge in [0.1, 0.15) is 0 Å². The summed E-state index contributed by atoms with van der Waals surface area (Å²) in [5.41, 5.74) is 0. The van der Waals surface area contributed by atoms with Crippen LogP contribution in [0.5, 0.6) is 0 Å². The smallest absolute Gasteiger partial charge is 0.0351 e. The van der Waals surface area contributed by atoms with Gasteiger partial charge in [0, 0.05) is 0 Å². The van der Waals surface area contributed by atoms with Gasteiger partial charge in [-0.05, 0) is 24.7 Å². The quantitative estimate of drug-likeness (QED) is 0.225. The Morgan fingerprint density at radius 2 is 1.41 bits per heavy atom. The first-order chi connectivity index (χ1) is 10.9. The number of allylic oxidation sites excluding steroid dienone is 1. The molecule has 0 spiro atoms. The van der Waals surface area contributed by atoms with Crippen LogP contribution in [0.4, 0.5) is 0 Å². The van der Waals surface area contributed by atoms with E-state index in [0.29, 0.717) is 0 Å². The van der Waals surface area contributed by atoms with Crippen molar-refractivity contribution in [3.05, 3.63) is 12.7 Å². The Kier molecular flexibility index (Phi) is 12.9. The van der Waals surface area contributed by atoms with E-state index in [4.69, 9.17) is 0 Å². The number of hydrogen-bond donors (Lipinski definition) is 0. The van der Waals surface area contributed by atoms with E-state index in [1.807, 2.05) is 0 Å². The van der Waals surface area contributed by atoms with Crippen LogP contribution in [0.15, 0.2) is 12.7 Å². The molecule has 1 fully saturated rings. The summed E-state index contributed by atoms with van der Waals surface area (Å²) in [6.07, 6.45) is 26.9. The van der Waals surface area contributed by atoms with E-state index in [-0.39, 0.29) is 0 Å². The third kappa shape index (κ3) is 9.70. The average Bonchev–Trinajstić information content (AvgIpc) is 2.57. The molecule has 0 heteroatoms. The molecule has 0 aromatic carbocycles. The predicted molar refractivity (Wildman–Crippen MR) is 101 cm³/mol. The van der Waals surface area contributed by atoms with E-state index >= 15 is 0 Å². The van der Waals surface area contributed by atoms with E-state index in [1.165, 1.54) is 109 Å². The number of rotatable bonds is 14. The summed E-state index contributed by atoms with van der Waals surface area (Å²) in [7, 11) is 0. The van der Waals surface area contributed by atoms with Gasteiger partial charge in [-0.15, -0.1) is 6.58 Å². The fraction of sp³-hybridized carbons (Fsp3) is 0.909. The fourth-order valence-electron chi connectivity index (χ4n) is 4.27. The molecule has 1 aliphatic carbocycles. The second kappa shape index (κ2) is 14.3. The zero-order chi connectivity index (χ0) is 15.9. The van der Waals surface area contributed by atoms with Crippen molar-refractivity contribution >= 4 is 0 Å². The second-order valence-corrected chi connectivity index (χ2v) is 7.64. The summed E-state index contributed by atoms with van der Waals surface area (Å²) in [5, 5.41) is 0. The molecule has 0 radical (unpaired) electrons. The maximum Gasteiger partial charge on any atom is -0.0351 e. The minimum Gasteiger partial charge on any atom is -0.103 e. The van der Waals surface area contributed by atoms with Crippen molar-refractivity contribution in [1.29, 1.82) is 0 Å². The molecule has 0 bridgehead atoms. The summed E-state index contributed by atoms with van der Waals surface area (Å²) < 4.78 is 0. The minimum absolute atomic E-state index is 1.00. The van der Waals surface area contributed by atoms with Gasteiger partial charge < -0.3 is 0 Å². The highest BCUT2D eigenvalue weighted by atomic mass is 14.3. The van der Waals surface area contributed by atoms with Crippen LogP contribution in [-0.4, -0.2) is 0 Å². The molecular weight excluding hydrogens is 264 g/mol. The van der Waals surface area contributed by atoms with E-state index in [9.17, 15) is 0 Å². The maximum absolute atomic E-state index is 3.93. The number of unbranched alkanes of at least 4 members (excludes halogenated alkanes) is 8. The molecule has 1 atom stereocenters. The number of hydrogen-bond acceptors (Lipinski definition) is 0. The summed E-state index contributed by atoms with van der Waals surface area (Å²) in [5.74, 6) is 2.05. The van der Waals surface area contributed by atoms with Gasteiger partial charge >= 0.3 is 0 Å².